The standard InChI is InChI=1S/C9H7FS/c1-3-7-8(10)5-4-6-9(7)11-2/h1,4-6H,2H3. The zero-order valence-corrected chi connectivity index (χ0v) is 6.91. The zero-order valence-electron chi connectivity index (χ0n) is 6.10. The fourth-order valence-corrected chi connectivity index (χ4v) is 1.39. The molecule has 0 aliphatic carbocycles. The maximum Gasteiger partial charge on any atom is 0.139 e. The van der Waals surface area contributed by atoms with Crippen LogP contribution in [0.2, 0.25) is 0 Å². The van der Waals surface area contributed by atoms with E-state index in [2.05, 4.69) is 5.92 Å². The van der Waals surface area contributed by atoms with Gasteiger partial charge in [-0.15, -0.1) is 18.2 Å². The van der Waals surface area contributed by atoms with Gasteiger partial charge in [-0.2, -0.15) is 0 Å². The van der Waals surface area contributed by atoms with Crippen molar-refractivity contribution in [2.24, 2.45) is 0 Å². The number of hydrogen-bond donors (Lipinski definition) is 0. The second kappa shape index (κ2) is 3.45. The van der Waals surface area contributed by atoms with Crippen LogP contribution in [0.5, 0.6) is 0 Å². The highest BCUT2D eigenvalue weighted by Gasteiger charge is 2.02. The number of terminal acetylenes is 1. The van der Waals surface area contributed by atoms with Crippen molar-refractivity contribution >= 4 is 11.8 Å². The van der Waals surface area contributed by atoms with Crippen molar-refractivity contribution in [1.82, 2.24) is 0 Å². The molecule has 0 amide bonds. The summed E-state index contributed by atoms with van der Waals surface area (Å²) in [6, 6.07) is 4.83. The van der Waals surface area contributed by atoms with E-state index in [4.69, 9.17) is 6.42 Å². The van der Waals surface area contributed by atoms with Crippen LogP contribution in [0.4, 0.5) is 4.39 Å². The summed E-state index contributed by atoms with van der Waals surface area (Å²) in [4.78, 5) is 0.813. The highest BCUT2D eigenvalue weighted by atomic mass is 32.2. The summed E-state index contributed by atoms with van der Waals surface area (Å²) in [5.41, 5.74) is 0.361. The molecular formula is C9H7FS. The summed E-state index contributed by atoms with van der Waals surface area (Å²) in [7, 11) is 0. The molecular weight excluding hydrogens is 159 g/mol. The van der Waals surface area contributed by atoms with E-state index in [0.29, 0.717) is 5.56 Å². The molecule has 0 aliphatic rings. The largest absolute Gasteiger partial charge is 0.206 e. The predicted octanol–water partition coefficient (Wildman–Crippen LogP) is 2.53. The molecule has 1 aromatic carbocycles. The number of thioether (sulfide) groups is 1. The number of halogens is 1. The maximum absolute atomic E-state index is 12.9. The number of rotatable bonds is 1. The minimum Gasteiger partial charge on any atom is -0.206 e. The lowest BCUT2D eigenvalue weighted by Crippen LogP contribution is -1.85. The Morgan fingerprint density at radius 1 is 1.55 bits per heavy atom. The second-order valence-electron chi connectivity index (χ2n) is 1.96. The molecule has 2 heteroatoms. The average molecular weight is 166 g/mol. The molecule has 0 radical (unpaired) electrons. The van der Waals surface area contributed by atoms with Gasteiger partial charge < -0.3 is 0 Å². The summed E-state index contributed by atoms with van der Waals surface area (Å²) >= 11 is 1.45. The van der Waals surface area contributed by atoms with Gasteiger partial charge in [0.15, 0.2) is 0 Å². The van der Waals surface area contributed by atoms with Crippen LogP contribution in [0, 0.1) is 18.2 Å². The predicted molar refractivity (Wildman–Crippen MR) is 46.1 cm³/mol. The molecule has 56 valence electrons. The molecule has 1 rings (SSSR count). The first-order valence-corrected chi connectivity index (χ1v) is 4.31. The first-order chi connectivity index (χ1) is 5.29. The Kier molecular flexibility index (Phi) is 2.56. The van der Waals surface area contributed by atoms with Crippen molar-refractivity contribution in [2.75, 3.05) is 6.26 Å². The Labute approximate surface area is 69.8 Å². The van der Waals surface area contributed by atoms with Gasteiger partial charge in [0.1, 0.15) is 5.82 Å². The van der Waals surface area contributed by atoms with Gasteiger partial charge in [0, 0.05) is 4.90 Å². The third-order valence-corrected chi connectivity index (χ3v) is 2.12. The van der Waals surface area contributed by atoms with E-state index in [1.54, 1.807) is 6.07 Å². The Morgan fingerprint density at radius 2 is 2.27 bits per heavy atom. The summed E-state index contributed by atoms with van der Waals surface area (Å²) in [6.07, 6.45) is 6.99. The molecule has 0 aliphatic heterocycles. The fourth-order valence-electron chi connectivity index (χ4n) is 0.815. The monoisotopic (exact) mass is 166 g/mol. The first kappa shape index (κ1) is 8.16. The quantitative estimate of drug-likeness (QED) is 0.456. The molecule has 1 aromatic rings. The summed E-state index contributed by atoms with van der Waals surface area (Å²) in [6.45, 7) is 0. The van der Waals surface area contributed by atoms with Crippen molar-refractivity contribution < 1.29 is 4.39 Å². The van der Waals surface area contributed by atoms with E-state index in [-0.39, 0.29) is 5.82 Å². The van der Waals surface area contributed by atoms with Gasteiger partial charge in [0.05, 0.1) is 5.56 Å². The van der Waals surface area contributed by atoms with Gasteiger partial charge in [-0.25, -0.2) is 4.39 Å². The van der Waals surface area contributed by atoms with E-state index in [1.165, 1.54) is 17.8 Å². The molecule has 0 aromatic heterocycles. The van der Waals surface area contributed by atoms with E-state index in [9.17, 15) is 4.39 Å². The highest BCUT2D eigenvalue weighted by molar-refractivity contribution is 7.98. The minimum absolute atomic E-state index is 0.320. The van der Waals surface area contributed by atoms with Crippen LogP contribution in [-0.2, 0) is 0 Å². The van der Waals surface area contributed by atoms with Crippen LogP contribution < -0.4 is 0 Å². The molecule has 0 fully saturated rings. The fraction of sp³-hybridized carbons (Fsp3) is 0.111. The molecule has 0 nitrogen and oxygen atoms in total. The zero-order chi connectivity index (χ0) is 8.27. The molecule has 0 heterocycles. The lowest BCUT2D eigenvalue weighted by Gasteiger charge is -2.00. The third-order valence-electron chi connectivity index (χ3n) is 1.34. The van der Waals surface area contributed by atoms with Crippen LogP contribution in [0.1, 0.15) is 5.56 Å². The van der Waals surface area contributed by atoms with E-state index < -0.39 is 0 Å². The van der Waals surface area contributed by atoms with Crippen molar-refractivity contribution in [1.29, 1.82) is 0 Å². The van der Waals surface area contributed by atoms with Crippen LogP contribution in [0.25, 0.3) is 0 Å². The molecule has 0 atom stereocenters. The summed E-state index contributed by atoms with van der Waals surface area (Å²) in [5, 5.41) is 0. The number of benzene rings is 1. The Morgan fingerprint density at radius 3 is 2.73 bits per heavy atom. The maximum atomic E-state index is 12.9. The molecule has 0 spiro atoms. The Bertz CT molecular complexity index is 299. The molecule has 0 unspecified atom stereocenters. The lowest BCUT2D eigenvalue weighted by molar-refractivity contribution is 0.620. The molecule has 0 saturated heterocycles. The normalized spacial score (nSPS) is 9.18. The van der Waals surface area contributed by atoms with Crippen LogP contribution in [-0.4, -0.2) is 6.26 Å². The van der Waals surface area contributed by atoms with Gasteiger partial charge in [0.2, 0.25) is 0 Å². The van der Waals surface area contributed by atoms with Crippen LogP contribution >= 0.6 is 11.8 Å². The first-order valence-electron chi connectivity index (χ1n) is 3.08. The number of hydrogen-bond acceptors (Lipinski definition) is 1. The van der Waals surface area contributed by atoms with Crippen molar-refractivity contribution in [3.63, 3.8) is 0 Å². The molecule has 0 N–H and O–H groups in total. The van der Waals surface area contributed by atoms with Gasteiger partial charge in [0.25, 0.3) is 0 Å². The van der Waals surface area contributed by atoms with Crippen molar-refractivity contribution in [2.45, 2.75) is 4.90 Å². The van der Waals surface area contributed by atoms with Gasteiger partial charge in [-0.3, -0.25) is 0 Å². The Hall–Kier alpha value is -0.940. The van der Waals surface area contributed by atoms with Gasteiger partial charge >= 0.3 is 0 Å². The summed E-state index contributed by atoms with van der Waals surface area (Å²) in [5.74, 6) is 2.00. The lowest BCUT2D eigenvalue weighted by atomic mass is 10.2. The summed E-state index contributed by atoms with van der Waals surface area (Å²) < 4.78 is 12.9. The smallest absolute Gasteiger partial charge is 0.139 e. The Balaban J connectivity index is 3.27. The SMILES string of the molecule is C#Cc1c(F)cccc1SC. The minimum atomic E-state index is -0.320. The van der Waals surface area contributed by atoms with Gasteiger partial charge in [-0.05, 0) is 18.4 Å². The van der Waals surface area contributed by atoms with E-state index in [0.717, 1.165) is 4.90 Å². The second-order valence-corrected chi connectivity index (χ2v) is 2.81. The molecule has 0 bridgehead atoms. The van der Waals surface area contributed by atoms with Crippen molar-refractivity contribution in [3.8, 4) is 12.3 Å². The topological polar surface area (TPSA) is 0 Å². The van der Waals surface area contributed by atoms with Crippen molar-refractivity contribution in [3.05, 3.63) is 29.6 Å². The van der Waals surface area contributed by atoms with Crippen LogP contribution in [0.3, 0.4) is 0 Å². The highest BCUT2D eigenvalue weighted by Crippen LogP contribution is 2.21. The van der Waals surface area contributed by atoms with Gasteiger partial charge in [-0.1, -0.05) is 12.0 Å². The molecule has 11 heavy (non-hydrogen) atoms. The van der Waals surface area contributed by atoms with E-state index >= 15 is 0 Å². The van der Waals surface area contributed by atoms with E-state index in [1.807, 2.05) is 12.3 Å². The third kappa shape index (κ3) is 1.55. The molecule has 0 saturated carbocycles. The van der Waals surface area contributed by atoms with Crippen LogP contribution in [0.15, 0.2) is 23.1 Å². The average Bonchev–Trinajstić information content (AvgIpc) is 2.04.